The van der Waals surface area contributed by atoms with Crippen molar-refractivity contribution in [2.75, 3.05) is 5.32 Å². The molecule has 2 N–H and O–H groups in total. The van der Waals surface area contributed by atoms with Crippen LogP contribution in [0.3, 0.4) is 0 Å². The van der Waals surface area contributed by atoms with E-state index in [1.165, 1.54) is 23.6 Å². The highest BCUT2D eigenvalue weighted by atomic mass is 32.1. The number of halogens is 2. The molecule has 8 heteroatoms. The molecular formula is C22H13F2N3O2S. The fraction of sp³-hybridized carbons (Fsp3) is 0.0455. The van der Waals surface area contributed by atoms with Crippen molar-refractivity contribution >= 4 is 38.9 Å². The van der Waals surface area contributed by atoms with Gasteiger partial charge in [0.1, 0.15) is 17.3 Å². The highest BCUT2D eigenvalue weighted by Crippen LogP contribution is 2.37. The summed E-state index contributed by atoms with van der Waals surface area (Å²) in [6, 6.07) is 11.1. The molecule has 1 unspecified atom stereocenters. The van der Waals surface area contributed by atoms with E-state index in [0.717, 1.165) is 28.3 Å². The summed E-state index contributed by atoms with van der Waals surface area (Å²) in [7, 11) is 0. The molecule has 1 atom stereocenters. The second-order valence-corrected chi connectivity index (χ2v) is 7.70. The summed E-state index contributed by atoms with van der Waals surface area (Å²) < 4.78 is 29.1. The third-order valence-corrected chi connectivity index (χ3v) is 5.98. The van der Waals surface area contributed by atoms with Gasteiger partial charge in [0.2, 0.25) is 0 Å². The van der Waals surface area contributed by atoms with Crippen LogP contribution in [0.4, 0.5) is 14.5 Å². The Morgan fingerprint density at radius 1 is 1.13 bits per heavy atom. The Morgan fingerprint density at radius 3 is 2.83 bits per heavy atom. The van der Waals surface area contributed by atoms with Crippen molar-refractivity contribution in [3.05, 3.63) is 94.1 Å². The highest BCUT2D eigenvalue weighted by Gasteiger charge is 2.35. The van der Waals surface area contributed by atoms with E-state index < -0.39 is 23.6 Å². The molecule has 0 aliphatic carbocycles. The van der Waals surface area contributed by atoms with Crippen LogP contribution in [0.2, 0.25) is 0 Å². The van der Waals surface area contributed by atoms with E-state index in [-0.39, 0.29) is 17.2 Å². The average Bonchev–Trinajstić information content (AvgIpc) is 3.32. The van der Waals surface area contributed by atoms with E-state index in [1.54, 1.807) is 5.38 Å². The maximum Gasteiger partial charge on any atom is 0.271 e. The normalized spacial score (nSPS) is 15.1. The monoisotopic (exact) mass is 421 g/mol. The van der Waals surface area contributed by atoms with E-state index in [4.69, 9.17) is 0 Å². The summed E-state index contributed by atoms with van der Waals surface area (Å²) in [5, 5.41) is 8.01. The van der Waals surface area contributed by atoms with Crippen LogP contribution in [0.25, 0.3) is 10.1 Å². The minimum atomic E-state index is -0.966. The number of fused-ring (bicyclic) bond motifs is 2. The number of thiophene rings is 1. The number of aromatic nitrogens is 1. The molecule has 0 fully saturated rings. The van der Waals surface area contributed by atoms with Gasteiger partial charge >= 0.3 is 0 Å². The van der Waals surface area contributed by atoms with E-state index >= 15 is 0 Å². The van der Waals surface area contributed by atoms with Crippen LogP contribution in [-0.4, -0.2) is 16.8 Å². The fourth-order valence-corrected chi connectivity index (χ4v) is 4.58. The van der Waals surface area contributed by atoms with Crippen LogP contribution >= 0.6 is 11.3 Å². The first-order valence-corrected chi connectivity index (χ1v) is 9.93. The molecule has 4 aromatic rings. The van der Waals surface area contributed by atoms with E-state index in [1.807, 2.05) is 24.3 Å². The quantitative estimate of drug-likeness (QED) is 0.506. The van der Waals surface area contributed by atoms with Crippen LogP contribution in [0.1, 0.15) is 38.0 Å². The lowest BCUT2D eigenvalue weighted by Crippen LogP contribution is -2.21. The molecule has 0 saturated carbocycles. The first-order valence-electron chi connectivity index (χ1n) is 9.05. The number of rotatable bonds is 3. The van der Waals surface area contributed by atoms with Gasteiger partial charge in [-0.25, -0.2) is 8.78 Å². The summed E-state index contributed by atoms with van der Waals surface area (Å²) in [6.07, 6.45) is 1.39. The van der Waals surface area contributed by atoms with Gasteiger partial charge in [0.15, 0.2) is 0 Å². The second kappa shape index (κ2) is 7.00. The van der Waals surface area contributed by atoms with Crippen molar-refractivity contribution < 1.29 is 18.4 Å². The number of hydrogen-bond acceptors (Lipinski definition) is 4. The standard InChI is InChI=1S/C22H13F2N3O2S/c23-11-5-6-15(24)13(9-11)19-18-16(7-8-25-20(18)22(29)27-19)26-21(28)14-10-30-17-4-2-1-3-12(14)17/h1-10,19H,(H,27,29)(H,25,26,28). The zero-order chi connectivity index (χ0) is 20.8. The first-order chi connectivity index (χ1) is 14.5. The van der Waals surface area contributed by atoms with Gasteiger partial charge in [-0.05, 0) is 30.3 Å². The zero-order valence-electron chi connectivity index (χ0n) is 15.3. The van der Waals surface area contributed by atoms with E-state index in [0.29, 0.717) is 16.8 Å². The lowest BCUT2D eigenvalue weighted by Gasteiger charge is -2.17. The number of carbonyl (C=O) groups is 2. The van der Waals surface area contributed by atoms with Crippen molar-refractivity contribution in [1.29, 1.82) is 0 Å². The van der Waals surface area contributed by atoms with Crippen LogP contribution in [-0.2, 0) is 0 Å². The zero-order valence-corrected chi connectivity index (χ0v) is 16.1. The number of nitrogens with one attached hydrogen (secondary N) is 2. The average molecular weight is 421 g/mol. The van der Waals surface area contributed by atoms with Gasteiger partial charge in [0.25, 0.3) is 11.8 Å². The summed E-state index contributed by atoms with van der Waals surface area (Å²) in [4.78, 5) is 29.4. The predicted octanol–water partition coefficient (Wildman–Crippen LogP) is 4.66. The van der Waals surface area contributed by atoms with Gasteiger partial charge in [0.05, 0.1) is 17.3 Å². The topological polar surface area (TPSA) is 71.1 Å². The molecule has 5 nitrogen and oxygen atoms in total. The summed E-state index contributed by atoms with van der Waals surface area (Å²) in [5.74, 6) is -2.18. The minimum Gasteiger partial charge on any atom is -0.339 e. The number of hydrogen-bond donors (Lipinski definition) is 2. The molecule has 30 heavy (non-hydrogen) atoms. The molecule has 2 aromatic heterocycles. The Morgan fingerprint density at radius 2 is 1.97 bits per heavy atom. The number of carbonyl (C=O) groups excluding carboxylic acids is 2. The predicted molar refractivity (Wildman–Crippen MR) is 110 cm³/mol. The Hall–Kier alpha value is -3.65. The Bertz CT molecular complexity index is 1340. The Kier molecular flexibility index (Phi) is 4.29. The van der Waals surface area contributed by atoms with Crippen molar-refractivity contribution in [2.24, 2.45) is 0 Å². The van der Waals surface area contributed by atoms with E-state index in [9.17, 15) is 18.4 Å². The first kappa shape index (κ1) is 18.4. The third-order valence-electron chi connectivity index (χ3n) is 5.01. The second-order valence-electron chi connectivity index (χ2n) is 6.79. The van der Waals surface area contributed by atoms with E-state index in [2.05, 4.69) is 15.6 Å². The Balaban J connectivity index is 1.57. The molecule has 0 spiro atoms. The van der Waals surface area contributed by atoms with Crippen molar-refractivity contribution in [1.82, 2.24) is 10.3 Å². The van der Waals surface area contributed by atoms with Gasteiger partial charge in [0, 0.05) is 32.8 Å². The van der Waals surface area contributed by atoms with Crippen LogP contribution in [0.15, 0.2) is 60.1 Å². The number of amides is 2. The maximum atomic E-state index is 14.4. The number of pyridine rings is 1. The van der Waals surface area contributed by atoms with Gasteiger partial charge in [-0.1, -0.05) is 18.2 Å². The lowest BCUT2D eigenvalue weighted by molar-refractivity contribution is 0.0955. The number of nitrogens with zero attached hydrogens (tertiary/aromatic N) is 1. The Labute approximate surface area is 173 Å². The largest absolute Gasteiger partial charge is 0.339 e. The molecule has 3 heterocycles. The van der Waals surface area contributed by atoms with Crippen LogP contribution in [0, 0.1) is 11.6 Å². The van der Waals surface area contributed by atoms with Crippen LogP contribution < -0.4 is 10.6 Å². The summed E-state index contributed by atoms with van der Waals surface area (Å²) >= 11 is 1.45. The molecule has 1 aliphatic rings. The smallest absolute Gasteiger partial charge is 0.271 e. The van der Waals surface area contributed by atoms with Gasteiger partial charge in [-0.15, -0.1) is 11.3 Å². The highest BCUT2D eigenvalue weighted by molar-refractivity contribution is 7.17. The molecule has 2 amide bonds. The molecule has 1 aliphatic heterocycles. The molecule has 0 bridgehead atoms. The summed E-state index contributed by atoms with van der Waals surface area (Å²) in [6.45, 7) is 0. The number of anilines is 1. The molecule has 0 saturated heterocycles. The molecular weight excluding hydrogens is 408 g/mol. The number of benzene rings is 2. The van der Waals surface area contributed by atoms with Crippen molar-refractivity contribution in [2.45, 2.75) is 6.04 Å². The molecule has 2 aromatic carbocycles. The van der Waals surface area contributed by atoms with Crippen LogP contribution in [0.5, 0.6) is 0 Å². The van der Waals surface area contributed by atoms with Gasteiger partial charge < -0.3 is 10.6 Å². The fourth-order valence-electron chi connectivity index (χ4n) is 3.64. The van der Waals surface area contributed by atoms with Crippen molar-refractivity contribution in [3.63, 3.8) is 0 Å². The summed E-state index contributed by atoms with van der Waals surface area (Å²) in [5.41, 5.74) is 1.14. The van der Waals surface area contributed by atoms with Gasteiger partial charge in [-0.3, -0.25) is 14.6 Å². The minimum absolute atomic E-state index is 0.0356. The van der Waals surface area contributed by atoms with Gasteiger partial charge in [-0.2, -0.15) is 0 Å². The maximum absolute atomic E-state index is 14.4. The molecule has 5 rings (SSSR count). The molecule has 148 valence electrons. The lowest BCUT2D eigenvalue weighted by atomic mass is 9.98. The third kappa shape index (κ3) is 2.93. The molecule has 0 radical (unpaired) electrons. The van der Waals surface area contributed by atoms with Crippen molar-refractivity contribution in [3.8, 4) is 0 Å². The SMILES string of the molecule is O=C1NC(c2cc(F)ccc2F)c2c(NC(=O)c3csc4ccccc34)ccnc21.